The minimum absolute atomic E-state index is 0.200. The van der Waals surface area contributed by atoms with Crippen LogP contribution in [0.15, 0.2) is 48.5 Å². The highest BCUT2D eigenvalue weighted by Gasteiger charge is 2.07. The molecule has 0 aliphatic carbocycles. The lowest BCUT2D eigenvalue weighted by Crippen LogP contribution is -2.23. The average molecular weight is 318 g/mol. The van der Waals surface area contributed by atoms with Gasteiger partial charge in [0.1, 0.15) is 0 Å². The second-order valence-corrected chi connectivity index (χ2v) is 6.81. The van der Waals surface area contributed by atoms with Crippen molar-refractivity contribution in [3.05, 3.63) is 65.2 Å². The zero-order chi connectivity index (χ0) is 16.2. The van der Waals surface area contributed by atoms with Gasteiger partial charge in [0, 0.05) is 17.8 Å². The van der Waals surface area contributed by atoms with Crippen LogP contribution < -0.4 is 10.0 Å². The maximum Gasteiger partial charge on any atom is 0.251 e. The summed E-state index contributed by atoms with van der Waals surface area (Å²) in [4.78, 5) is 12.1. The number of anilines is 1. The standard InChI is InChI=1S/C16H18N2O3S/c1-12-5-3-4-6-14(12)11-17-16(19)13-7-9-15(10-8-13)18-22(2,20)21/h3-10,18H,11H2,1-2H3,(H,17,19). The van der Waals surface area contributed by atoms with Gasteiger partial charge in [0.2, 0.25) is 10.0 Å². The Labute approximate surface area is 130 Å². The van der Waals surface area contributed by atoms with E-state index in [2.05, 4.69) is 10.0 Å². The van der Waals surface area contributed by atoms with Gasteiger partial charge in [-0.3, -0.25) is 9.52 Å². The quantitative estimate of drug-likeness (QED) is 0.888. The minimum Gasteiger partial charge on any atom is -0.348 e. The Kier molecular flexibility index (Phi) is 4.82. The molecule has 0 saturated heterocycles. The molecular formula is C16H18N2O3S. The molecule has 0 fully saturated rings. The second-order valence-electron chi connectivity index (χ2n) is 5.06. The van der Waals surface area contributed by atoms with E-state index < -0.39 is 10.0 Å². The van der Waals surface area contributed by atoms with Gasteiger partial charge in [-0.2, -0.15) is 0 Å². The molecule has 0 bridgehead atoms. The number of amides is 1. The highest BCUT2D eigenvalue weighted by atomic mass is 32.2. The fourth-order valence-corrected chi connectivity index (χ4v) is 2.55. The molecule has 22 heavy (non-hydrogen) atoms. The smallest absolute Gasteiger partial charge is 0.251 e. The largest absolute Gasteiger partial charge is 0.348 e. The van der Waals surface area contributed by atoms with E-state index in [0.717, 1.165) is 17.4 Å². The number of benzene rings is 2. The molecule has 0 atom stereocenters. The van der Waals surface area contributed by atoms with E-state index in [9.17, 15) is 13.2 Å². The SMILES string of the molecule is Cc1ccccc1CNC(=O)c1ccc(NS(C)(=O)=O)cc1. The number of rotatable bonds is 5. The highest BCUT2D eigenvalue weighted by molar-refractivity contribution is 7.92. The molecule has 0 aliphatic heterocycles. The van der Waals surface area contributed by atoms with Crippen LogP contribution in [0.25, 0.3) is 0 Å². The number of aryl methyl sites for hydroxylation is 1. The number of carbonyl (C=O) groups is 1. The Morgan fingerprint density at radius 3 is 2.27 bits per heavy atom. The van der Waals surface area contributed by atoms with Crippen LogP contribution in [-0.2, 0) is 16.6 Å². The molecular weight excluding hydrogens is 300 g/mol. The molecule has 0 unspecified atom stereocenters. The van der Waals surface area contributed by atoms with Crippen LogP contribution in [0.3, 0.4) is 0 Å². The third kappa shape index (κ3) is 4.60. The summed E-state index contributed by atoms with van der Waals surface area (Å²) in [5.74, 6) is -0.200. The number of carbonyl (C=O) groups excluding carboxylic acids is 1. The molecule has 0 aliphatic rings. The van der Waals surface area contributed by atoms with Crippen molar-refractivity contribution in [2.45, 2.75) is 13.5 Å². The van der Waals surface area contributed by atoms with Gasteiger partial charge in [0.25, 0.3) is 5.91 Å². The van der Waals surface area contributed by atoms with Crippen LogP contribution in [0.1, 0.15) is 21.5 Å². The maximum absolute atomic E-state index is 12.1. The first-order valence-corrected chi connectivity index (χ1v) is 8.65. The first kappa shape index (κ1) is 16.0. The molecule has 2 rings (SSSR count). The molecule has 0 heterocycles. The van der Waals surface area contributed by atoms with Gasteiger partial charge in [-0.25, -0.2) is 8.42 Å². The van der Waals surface area contributed by atoms with Gasteiger partial charge in [0.05, 0.1) is 6.26 Å². The molecule has 2 aromatic carbocycles. The zero-order valence-corrected chi connectivity index (χ0v) is 13.3. The van der Waals surface area contributed by atoms with E-state index in [-0.39, 0.29) is 5.91 Å². The molecule has 0 aromatic heterocycles. The summed E-state index contributed by atoms with van der Waals surface area (Å²) in [5.41, 5.74) is 3.09. The summed E-state index contributed by atoms with van der Waals surface area (Å²) in [5, 5.41) is 2.85. The van der Waals surface area contributed by atoms with E-state index in [1.165, 1.54) is 0 Å². The lowest BCUT2D eigenvalue weighted by atomic mass is 10.1. The first-order chi connectivity index (χ1) is 10.3. The van der Waals surface area contributed by atoms with E-state index in [1.807, 2.05) is 31.2 Å². The Morgan fingerprint density at radius 1 is 1.05 bits per heavy atom. The molecule has 2 aromatic rings. The molecule has 6 heteroatoms. The van der Waals surface area contributed by atoms with Crippen LogP contribution in [-0.4, -0.2) is 20.6 Å². The van der Waals surface area contributed by atoms with E-state index >= 15 is 0 Å². The number of hydrogen-bond acceptors (Lipinski definition) is 3. The van der Waals surface area contributed by atoms with Gasteiger partial charge in [-0.15, -0.1) is 0 Å². The lowest BCUT2D eigenvalue weighted by Gasteiger charge is -2.09. The van der Waals surface area contributed by atoms with Crippen molar-refractivity contribution < 1.29 is 13.2 Å². The summed E-state index contributed by atoms with van der Waals surface area (Å²) in [6.07, 6.45) is 1.08. The summed E-state index contributed by atoms with van der Waals surface area (Å²) >= 11 is 0. The van der Waals surface area contributed by atoms with Gasteiger partial charge >= 0.3 is 0 Å². The highest BCUT2D eigenvalue weighted by Crippen LogP contribution is 2.11. The van der Waals surface area contributed by atoms with Crippen molar-refractivity contribution in [1.29, 1.82) is 0 Å². The fraction of sp³-hybridized carbons (Fsp3) is 0.188. The molecule has 0 saturated carbocycles. The second kappa shape index (κ2) is 6.62. The third-order valence-corrected chi connectivity index (χ3v) is 3.76. The predicted molar refractivity (Wildman–Crippen MR) is 87.3 cm³/mol. The van der Waals surface area contributed by atoms with Crippen molar-refractivity contribution in [2.75, 3.05) is 11.0 Å². The van der Waals surface area contributed by atoms with E-state index in [0.29, 0.717) is 17.8 Å². The first-order valence-electron chi connectivity index (χ1n) is 6.76. The number of hydrogen-bond donors (Lipinski definition) is 2. The van der Waals surface area contributed by atoms with Gasteiger partial charge < -0.3 is 5.32 Å². The van der Waals surface area contributed by atoms with Gasteiger partial charge in [0.15, 0.2) is 0 Å². The Morgan fingerprint density at radius 2 is 1.68 bits per heavy atom. The van der Waals surface area contributed by atoms with Gasteiger partial charge in [-0.05, 0) is 42.3 Å². The fourth-order valence-electron chi connectivity index (χ4n) is 1.99. The Bertz CT molecular complexity index is 768. The van der Waals surface area contributed by atoms with Gasteiger partial charge in [-0.1, -0.05) is 24.3 Å². The molecule has 0 radical (unpaired) electrons. The molecule has 116 valence electrons. The summed E-state index contributed by atoms with van der Waals surface area (Å²) < 4.78 is 24.6. The topological polar surface area (TPSA) is 75.3 Å². The van der Waals surface area contributed by atoms with E-state index in [1.54, 1.807) is 24.3 Å². The minimum atomic E-state index is -3.31. The zero-order valence-electron chi connectivity index (χ0n) is 12.5. The van der Waals surface area contributed by atoms with E-state index in [4.69, 9.17) is 0 Å². The number of sulfonamides is 1. The van der Waals surface area contributed by atoms with Crippen molar-refractivity contribution in [3.8, 4) is 0 Å². The normalized spacial score (nSPS) is 11.0. The third-order valence-electron chi connectivity index (χ3n) is 3.15. The lowest BCUT2D eigenvalue weighted by molar-refractivity contribution is 0.0951. The summed E-state index contributed by atoms with van der Waals surface area (Å²) in [6, 6.07) is 14.1. The van der Waals surface area contributed by atoms with Crippen molar-refractivity contribution in [2.24, 2.45) is 0 Å². The molecule has 0 spiro atoms. The van der Waals surface area contributed by atoms with Crippen LogP contribution >= 0.6 is 0 Å². The van der Waals surface area contributed by atoms with Crippen molar-refractivity contribution >= 4 is 21.6 Å². The predicted octanol–water partition coefficient (Wildman–Crippen LogP) is 2.30. The van der Waals surface area contributed by atoms with Crippen molar-refractivity contribution in [3.63, 3.8) is 0 Å². The molecule has 5 nitrogen and oxygen atoms in total. The van der Waals surface area contributed by atoms with Crippen LogP contribution in [0, 0.1) is 6.92 Å². The van der Waals surface area contributed by atoms with Crippen LogP contribution in [0.4, 0.5) is 5.69 Å². The average Bonchev–Trinajstić information content (AvgIpc) is 2.45. The monoisotopic (exact) mass is 318 g/mol. The molecule has 1 amide bonds. The van der Waals surface area contributed by atoms with Crippen molar-refractivity contribution in [1.82, 2.24) is 5.32 Å². The summed E-state index contributed by atoms with van der Waals surface area (Å²) in [6.45, 7) is 2.45. The molecule has 2 N–H and O–H groups in total. The van der Waals surface area contributed by atoms with Crippen LogP contribution in [0.5, 0.6) is 0 Å². The Hall–Kier alpha value is -2.34. The summed E-state index contributed by atoms with van der Waals surface area (Å²) in [7, 11) is -3.31. The Balaban J connectivity index is 2.00. The van der Waals surface area contributed by atoms with Crippen LogP contribution in [0.2, 0.25) is 0 Å². The number of nitrogens with one attached hydrogen (secondary N) is 2. The maximum atomic E-state index is 12.1.